The Bertz CT molecular complexity index is 925. The summed E-state index contributed by atoms with van der Waals surface area (Å²) in [6.45, 7) is 1.95. The largest absolute Gasteiger partial charge is 0.327 e. The third-order valence-corrected chi connectivity index (χ3v) is 4.25. The van der Waals surface area contributed by atoms with Crippen molar-refractivity contribution in [3.63, 3.8) is 0 Å². The lowest BCUT2D eigenvalue weighted by Crippen LogP contribution is -2.30. The number of carbonyl (C=O) groups excluding carboxylic acids is 1. The second-order valence-corrected chi connectivity index (χ2v) is 6.23. The Balaban J connectivity index is 1.94. The predicted octanol–water partition coefficient (Wildman–Crippen LogP) is 3.82. The first-order valence-electron chi connectivity index (χ1n) is 7.24. The minimum absolute atomic E-state index is 0.0367. The van der Waals surface area contributed by atoms with Gasteiger partial charge in [-0.05, 0) is 49.0 Å². The lowest BCUT2D eigenvalue weighted by atomic mass is 10.1. The van der Waals surface area contributed by atoms with Crippen molar-refractivity contribution in [1.29, 1.82) is 0 Å². The zero-order chi connectivity index (χ0) is 18.1. The highest BCUT2D eigenvalue weighted by molar-refractivity contribution is 7.80. The van der Waals surface area contributed by atoms with Crippen LogP contribution in [0.25, 0.3) is 6.08 Å². The summed E-state index contributed by atoms with van der Waals surface area (Å²) >= 11 is 11.0. The Kier molecular flexibility index (Phi) is 4.52. The molecule has 3 rings (SSSR count). The quantitative estimate of drug-likeness (QED) is 0.383. The maximum atomic E-state index is 12.6. The molecule has 0 saturated carbocycles. The zero-order valence-electron chi connectivity index (χ0n) is 13.0. The van der Waals surface area contributed by atoms with Crippen molar-refractivity contribution in [3.8, 4) is 0 Å². The highest BCUT2D eigenvalue weighted by Gasteiger charge is 2.32. The van der Waals surface area contributed by atoms with Crippen LogP contribution in [-0.4, -0.2) is 15.9 Å². The van der Waals surface area contributed by atoms with Crippen LogP contribution >= 0.6 is 23.8 Å². The fourth-order valence-electron chi connectivity index (χ4n) is 2.39. The molecule has 1 aliphatic heterocycles. The topological polar surface area (TPSA) is 75.5 Å². The number of nitrogens with zero attached hydrogens (tertiary/aromatic N) is 2. The normalized spacial score (nSPS) is 15.6. The predicted molar refractivity (Wildman–Crippen MR) is 100 cm³/mol. The molecular weight excluding hydrogens is 362 g/mol. The molecule has 6 nitrogen and oxygen atoms in total. The van der Waals surface area contributed by atoms with Crippen LogP contribution in [0.15, 0.2) is 48.2 Å². The second kappa shape index (κ2) is 6.62. The first-order chi connectivity index (χ1) is 11.9. The van der Waals surface area contributed by atoms with Crippen molar-refractivity contribution in [2.75, 3.05) is 4.90 Å². The number of hydrogen-bond acceptors (Lipinski definition) is 4. The van der Waals surface area contributed by atoms with Gasteiger partial charge in [0.2, 0.25) is 0 Å². The second-order valence-electron chi connectivity index (χ2n) is 5.43. The van der Waals surface area contributed by atoms with E-state index in [1.165, 1.54) is 23.1 Å². The summed E-state index contributed by atoms with van der Waals surface area (Å²) in [6, 6.07) is 11.7. The first-order valence-corrected chi connectivity index (χ1v) is 8.03. The summed E-state index contributed by atoms with van der Waals surface area (Å²) in [5.74, 6) is -0.327. The Labute approximate surface area is 153 Å². The minimum atomic E-state index is -0.572. The van der Waals surface area contributed by atoms with E-state index in [0.717, 1.165) is 5.56 Å². The van der Waals surface area contributed by atoms with Gasteiger partial charge in [-0.2, -0.15) is 0 Å². The smallest absolute Gasteiger partial charge is 0.288 e. The van der Waals surface area contributed by atoms with Gasteiger partial charge in [0.05, 0.1) is 10.6 Å². The van der Waals surface area contributed by atoms with Crippen molar-refractivity contribution in [2.45, 2.75) is 6.92 Å². The molecule has 1 N–H and O–H groups in total. The molecule has 1 heterocycles. The average Bonchev–Trinajstić information content (AvgIpc) is 2.84. The van der Waals surface area contributed by atoms with Crippen molar-refractivity contribution in [3.05, 3.63) is 74.4 Å². The molecule has 0 aliphatic carbocycles. The number of nitro benzene ring substituents is 1. The number of aryl methyl sites for hydroxylation is 1. The zero-order valence-corrected chi connectivity index (χ0v) is 14.6. The molecule has 0 spiro atoms. The van der Waals surface area contributed by atoms with Gasteiger partial charge < -0.3 is 5.32 Å². The Morgan fingerprint density at radius 2 is 1.92 bits per heavy atom. The number of benzene rings is 2. The van der Waals surface area contributed by atoms with Crippen LogP contribution in [0.3, 0.4) is 0 Å². The fraction of sp³-hybridized carbons (Fsp3) is 0.0588. The van der Waals surface area contributed by atoms with E-state index < -0.39 is 4.92 Å². The van der Waals surface area contributed by atoms with Gasteiger partial charge >= 0.3 is 0 Å². The molecule has 1 fully saturated rings. The van der Waals surface area contributed by atoms with Crippen LogP contribution in [0, 0.1) is 17.0 Å². The monoisotopic (exact) mass is 373 g/mol. The minimum Gasteiger partial charge on any atom is -0.327 e. The molecule has 1 amide bonds. The summed E-state index contributed by atoms with van der Waals surface area (Å²) in [5, 5.41) is 14.1. The summed E-state index contributed by atoms with van der Waals surface area (Å²) in [4.78, 5) is 24.4. The standard InChI is InChI=1S/C17H12ClN3O3S/c1-10-2-5-12(6-3-10)20-16(22)14(19-17(20)25)8-11-4-7-13(18)15(9-11)21(23)24/h2-9H,1H3,(H,19,25)/b14-8+. The number of rotatable bonds is 3. The van der Waals surface area contributed by atoms with Gasteiger partial charge in [0, 0.05) is 6.07 Å². The lowest BCUT2D eigenvalue weighted by molar-refractivity contribution is -0.384. The van der Waals surface area contributed by atoms with Crippen LogP contribution < -0.4 is 10.2 Å². The lowest BCUT2D eigenvalue weighted by Gasteiger charge is -2.13. The van der Waals surface area contributed by atoms with Gasteiger partial charge in [-0.3, -0.25) is 19.8 Å². The van der Waals surface area contributed by atoms with Crippen LogP contribution in [0.1, 0.15) is 11.1 Å². The maximum absolute atomic E-state index is 12.6. The van der Waals surface area contributed by atoms with E-state index in [1.807, 2.05) is 19.1 Å². The highest BCUT2D eigenvalue weighted by Crippen LogP contribution is 2.27. The molecular formula is C17H12ClN3O3S. The number of hydrogen-bond donors (Lipinski definition) is 1. The van der Waals surface area contributed by atoms with Crippen molar-refractivity contribution >= 4 is 52.3 Å². The number of thiocarbonyl (C=S) groups is 1. The highest BCUT2D eigenvalue weighted by atomic mass is 35.5. The van der Waals surface area contributed by atoms with Crippen molar-refractivity contribution in [2.24, 2.45) is 0 Å². The van der Waals surface area contributed by atoms with Gasteiger partial charge in [0.25, 0.3) is 11.6 Å². The Morgan fingerprint density at radius 3 is 2.56 bits per heavy atom. The molecule has 2 aromatic carbocycles. The summed E-state index contributed by atoms with van der Waals surface area (Å²) < 4.78 is 0. The number of anilines is 1. The molecule has 0 aromatic heterocycles. The van der Waals surface area contributed by atoms with Crippen LogP contribution in [0.5, 0.6) is 0 Å². The van der Waals surface area contributed by atoms with Gasteiger partial charge in [-0.1, -0.05) is 35.4 Å². The third kappa shape index (κ3) is 3.38. The number of amides is 1. The molecule has 0 atom stereocenters. The number of nitrogens with one attached hydrogen (secondary N) is 1. The van der Waals surface area contributed by atoms with E-state index in [4.69, 9.17) is 23.8 Å². The van der Waals surface area contributed by atoms with E-state index in [9.17, 15) is 14.9 Å². The summed E-state index contributed by atoms with van der Waals surface area (Å²) in [6.07, 6.45) is 1.51. The molecule has 0 radical (unpaired) electrons. The Morgan fingerprint density at radius 1 is 1.24 bits per heavy atom. The van der Waals surface area contributed by atoms with Crippen molar-refractivity contribution < 1.29 is 9.72 Å². The van der Waals surface area contributed by atoms with Gasteiger partial charge in [0.1, 0.15) is 10.7 Å². The molecule has 0 unspecified atom stereocenters. The van der Waals surface area contributed by atoms with E-state index in [2.05, 4.69) is 5.32 Å². The molecule has 0 bridgehead atoms. The van der Waals surface area contributed by atoms with Gasteiger partial charge in [-0.15, -0.1) is 0 Å². The number of nitro groups is 1. The number of carbonyl (C=O) groups is 1. The fourth-order valence-corrected chi connectivity index (χ4v) is 2.87. The van der Waals surface area contributed by atoms with E-state index in [0.29, 0.717) is 11.3 Å². The average molecular weight is 374 g/mol. The number of halogens is 1. The Hall–Kier alpha value is -2.77. The van der Waals surface area contributed by atoms with E-state index >= 15 is 0 Å². The van der Waals surface area contributed by atoms with Crippen molar-refractivity contribution in [1.82, 2.24) is 5.32 Å². The van der Waals surface area contributed by atoms with Crippen LogP contribution in [0.4, 0.5) is 11.4 Å². The molecule has 8 heteroatoms. The van der Waals surface area contributed by atoms with Crippen LogP contribution in [-0.2, 0) is 4.79 Å². The van der Waals surface area contributed by atoms with Gasteiger partial charge in [-0.25, -0.2) is 0 Å². The molecule has 25 heavy (non-hydrogen) atoms. The van der Waals surface area contributed by atoms with Gasteiger partial charge in [0.15, 0.2) is 5.11 Å². The van der Waals surface area contributed by atoms with Crippen LogP contribution in [0.2, 0.25) is 5.02 Å². The summed E-state index contributed by atoms with van der Waals surface area (Å²) in [7, 11) is 0. The first kappa shape index (κ1) is 17.1. The molecule has 1 saturated heterocycles. The SMILES string of the molecule is Cc1ccc(N2C(=O)/C(=C\c3ccc(Cl)c([N+](=O)[O-])c3)NC2=S)cc1. The molecule has 126 valence electrons. The summed E-state index contributed by atoms with van der Waals surface area (Å²) in [5.41, 5.74) is 2.21. The molecule has 1 aliphatic rings. The third-order valence-electron chi connectivity index (χ3n) is 3.65. The maximum Gasteiger partial charge on any atom is 0.288 e. The van der Waals surface area contributed by atoms with E-state index in [-0.39, 0.29) is 27.4 Å². The van der Waals surface area contributed by atoms with E-state index in [1.54, 1.807) is 18.2 Å². The molecule has 2 aromatic rings.